The van der Waals surface area contributed by atoms with Crippen molar-refractivity contribution in [1.29, 1.82) is 0 Å². The maximum Gasteiger partial charge on any atom is 0.246 e. The molecule has 1 heterocycles. The summed E-state index contributed by atoms with van der Waals surface area (Å²) < 4.78 is 42.2. The fraction of sp³-hybridized carbons (Fsp3) is 0.569. The lowest BCUT2D eigenvalue weighted by Crippen LogP contribution is -2.65. The average molecular weight is 1270 g/mol. The molecule has 92 heavy (non-hydrogen) atoms. The number of amides is 5. The molecule has 0 radical (unpaired) electrons. The number of Topliss-reactive ketones (excluding diaryl/α,β-unsaturated/α-hetero) is 1. The first-order valence-corrected chi connectivity index (χ1v) is 32.9. The summed E-state index contributed by atoms with van der Waals surface area (Å²) in [5.74, 6) is -2.03. The topological polar surface area (TPSA) is 256 Å². The lowest BCUT2D eigenvalue weighted by molar-refractivity contribution is -0.200. The van der Waals surface area contributed by atoms with E-state index < -0.39 is 64.2 Å². The van der Waals surface area contributed by atoms with Crippen LogP contribution in [0.4, 0.5) is 11.4 Å². The van der Waals surface area contributed by atoms with Gasteiger partial charge in [0.25, 0.3) is 0 Å². The summed E-state index contributed by atoms with van der Waals surface area (Å²) in [4.78, 5) is 95.2. The molecule has 11 atom stereocenters. The number of aryl methyl sites for hydroxylation is 1. The van der Waals surface area contributed by atoms with Crippen molar-refractivity contribution in [3.05, 3.63) is 120 Å². The van der Waals surface area contributed by atoms with Crippen LogP contribution in [0.5, 0.6) is 5.75 Å². The molecule has 5 aliphatic rings. The Balaban J connectivity index is 0.674. The minimum absolute atomic E-state index is 0.000614. The van der Waals surface area contributed by atoms with Crippen LogP contribution in [0.2, 0.25) is 0 Å². The Morgan fingerprint density at radius 2 is 1.43 bits per heavy atom. The van der Waals surface area contributed by atoms with Crippen molar-refractivity contribution in [3.8, 4) is 5.75 Å². The van der Waals surface area contributed by atoms with Crippen LogP contribution in [0.25, 0.3) is 6.08 Å². The molecule has 4 fully saturated rings. The predicted molar refractivity (Wildman–Crippen MR) is 349 cm³/mol. The second-order valence-corrected chi connectivity index (χ2v) is 25.9. The summed E-state index contributed by atoms with van der Waals surface area (Å²) in [5.41, 5.74) is 1.67. The molecule has 5 amide bonds. The lowest BCUT2D eigenvalue weighted by atomic mass is 9.46. The summed E-state index contributed by atoms with van der Waals surface area (Å²) in [7, 11) is 0. The van der Waals surface area contributed by atoms with Crippen LogP contribution in [0.15, 0.2) is 103 Å². The number of carbonyl (C=O) groups excluding carboxylic acids is 7. The zero-order valence-electron chi connectivity index (χ0n) is 55.0. The number of allylic oxidation sites excluding steroid dienone is 4. The first-order chi connectivity index (χ1) is 44.1. The number of hydrogen-bond donors (Lipinski definition) is 5. The van der Waals surface area contributed by atoms with E-state index in [9.17, 15) is 38.7 Å². The van der Waals surface area contributed by atoms with Gasteiger partial charge in [-0.25, -0.2) is 0 Å². The second kappa shape index (κ2) is 32.3. The third-order valence-electron chi connectivity index (χ3n) is 19.5. The van der Waals surface area contributed by atoms with Gasteiger partial charge in [-0.1, -0.05) is 115 Å². The molecule has 5 N–H and O–H groups in total. The molecule has 4 aliphatic carbocycles. The van der Waals surface area contributed by atoms with Crippen LogP contribution in [0.3, 0.4) is 0 Å². The second-order valence-electron chi connectivity index (χ2n) is 25.9. The quantitative estimate of drug-likeness (QED) is 0.0346. The third-order valence-corrected chi connectivity index (χ3v) is 19.5. The number of ketones is 2. The van der Waals surface area contributed by atoms with Gasteiger partial charge < -0.3 is 64.4 Å². The van der Waals surface area contributed by atoms with E-state index in [1.807, 2.05) is 68.5 Å². The molecule has 1 saturated heterocycles. The van der Waals surface area contributed by atoms with Gasteiger partial charge in [0.1, 0.15) is 30.0 Å². The molecule has 0 unspecified atom stereocenters. The minimum atomic E-state index is -1.39. The molecular weight excluding hydrogens is 1170 g/mol. The van der Waals surface area contributed by atoms with E-state index in [4.69, 9.17) is 33.2 Å². The van der Waals surface area contributed by atoms with E-state index in [2.05, 4.69) is 48.6 Å². The number of aliphatic hydroxyl groups excluding tert-OH is 1. The van der Waals surface area contributed by atoms with Gasteiger partial charge in [0.2, 0.25) is 35.3 Å². The summed E-state index contributed by atoms with van der Waals surface area (Å²) in [5, 5.41) is 23.3. The van der Waals surface area contributed by atoms with Crippen molar-refractivity contribution < 1.29 is 71.8 Å². The van der Waals surface area contributed by atoms with Crippen LogP contribution in [0.1, 0.15) is 130 Å². The van der Waals surface area contributed by atoms with Gasteiger partial charge in [-0.05, 0) is 129 Å². The minimum Gasteiger partial charge on any atom is -0.486 e. The normalized spacial score (nSPS) is 25.9. The van der Waals surface area contributed by atoms with Crippen molar-refractivity contribution in [3.63, 3.8) is 0 Å². The van der Waals surface area contributed by atoms with Crippen LogP contribution < -0.4 is 30.9 Å². The third kappa shape index (κ3) is 16.3. The van der Waals surface area contributed by atoms with Crippen LogP contribution in [0, 0.1) is 34.5 Å². The van der Waals surface area contributed by atoms with Crippen molar-refractivity contribution in [2.24, 2.45) is 34.5 Å². The summed E-state index contributed by atoms with van der Waals surface area (Å²) >= 11 is 0. The number of fused-ring (bicyclic) bond motifs is 7. The number of nitrogens with zero attached hydrogens (tertiary/aromatic N) is 1. The molecule has 20 heteroatoms. The van der Waals surface area contributed by atoms with E-state index in [0.717, 1.165) is 53.6 Å². The number of nitrogens with one attached hydrogen (secondary N) is 4. The zero-order chi connectivity index (χ0) is 66.2. The molecule has 0 aromatic heterocycles. The molecule has 0 bridgehead atoms. The van der Waals surface area contributed by atoms with Crippen LogP contribution in [-0.2, 0) is 74.9 Å². The number of hydrogen-bond acceptors (Lipinski definition) is 15. The van der Waals surface area contributed by atoms with Gasteiger partial charge in [0.05, 0.1) is 65.5 Å². The average Bonchev–Trinajstić information content (AvgIpc) is 1.48. The number of para-hydroxylation sites is 1. The highest BCUT2D eigenvalue weighted by Crippen LogP contribution is 2.72. The van der Waals surface area contributed by atoms with Crippen molar-refractivity contribution in [2.75, 3.05) is 76.2 Å². The molecule has 3 saturated carbocycles. The van der Waals surface area contributed by atoms with Gasteiger partial charge in [0, 0.05) is 53.9 Å². The van der Waals surface area contributed by atoms with Crippen molar-refractivity contribution >= 4 is 58.6 Å². The highest BCUT2D eigenvalue weighted by molar-refractivity contribution is 6.01. The van der Waals surface area contributed by atoms with E-state index in [0.29, 0.717) is 70.2 Å². The summed E-state index contributed by atoms with van der Waals surface area (Å²) in [6.45, 7) is 21.9. The first-order valence-electron chi connectivity index (χ1n) is 32.9. The number of carbonyl (C=O) groups is 7. The number of anilines is 2. The molecule has 0 spiro atoms. The molecular formula is C72H97N5O15. The monoisotopic (exact) mass is 1270 g/mol. The van der Waals surface area contributed by atoms with E-state index >= 15 is 0 Å². The van der Waals surface area contributed by atoms with E-state index in [-0.39, 0.29) is 99.3 Å². The van der Waals surface area contributed by atoms with E-state index in [1.165, 1.54) is 0 Å². The van der Waals surface area contributed by atoms with Crippen molar-refractivity contribution in [1.82, 2.24) is 16.0 Å². The van der Waals surface area contributed by atoms with Crippen LogP contribution >= 0.6 is 0 Å². The van der Waals surface area contributed by atoms with Gasteiger partial charge in [-0.15, -0.1) is 0 Å². The van der Waals surface area contributed by atoms with Gasteiger partial charge >= 0.3 is 0 Å². The standard InChI is InChI=1S/C72H97N5O15/c1-10-17-64-91-71(9)43-57-56-27-22-52-42-54(78)30-32-69(52,7)65(56)59(79)44-70(57,8)72(71,92-64)60(80)46-90-55-25-23-53(24-26-55)75-67(84)48(6)74-68(85)66(47(4)5)76-62(82)31-34-86-36-38-88-40-41-89-39-37-87-35-33-73-61(81)28-29-63(83)77(58-21-16-15-19-50(58)12-3)45-51-20-14-13-18-49(51)11-2/h11,13-16,18-21,23-26,30,32,42,47-48,56-57,59,64-66,79H,2,10,12,17,22,27-29,31,33-41,43-46H2,1,3-9H3,(H,73,81)(H,74,85)(H,75,84)(H,76,82)/t48-,56-,57-,59-,64+,65+,66-,69-,70-,71+,72-/m0/s1. The molecule has 8 rings (SSSR count). The number of rotatable bonds is 35. The zero-order valence-corrected chi connectivity index (χ0v) is 55.0. The highest BCUT2D eigenvalue weighted by Gasteiger charge is 2.80. The Morgan fingerprint density at radius 1 is 0.772 bits per heavy atom. The fourth-order valence-corrected chi connectivity index (χ4v) is 14.9. The molecule has 3 aromatic rings. The molecule has 20 nitrogen and oxygen atoms in total. The Bertz CT molecular complexity index is 3150. The molecule has 1 aliphatic heterocycles. The van der Waals surface area contributed by atoms with Gasteiger partial charge in [-0.3, -0.25) is 33.6 Å². The first kappa shape index (κ1) is 70.9. The predicted octanol–water partition coefficient (Wildman–Crippen LogP) is 8.57. The largest absolute Gasteiger partial charge is 0.486 e. The van der Waals surface area contributed by atoms with Gasteiger partial charge in [-0.2, -0.15) is 0 Å². The maximum atomic E-state index is 15.0. The fourth-order valence-electron chi connectivity index (χ4n) is 14.9. The Labute approximate surface area is 542 Å². The molecule has 500 valence electrons. The van der Waals surface area contributed by atoms with E-state index in [1.54, 1.807) is 68.2 Å². The SMILES string of the molecule is C=Cc1ccccc1CN(C(=O)CCC(=O)NCCOCCOCCOCCOCCC(=O)N[C@H](C(=O)N[C@@H](C)C(=O)Nc1ccc(OCC(=O)[C@@]23O[C@H](CCC)O[C@]2(C)C[C@H]2[C@@H]4CCC5=CC(=O)C=C[C@]5(C)[C@H]4[C@@H](O)C[C@@]23C)cc1)C(C)C)c1ccccc1CC. The Hall–Kier alpha value is -6.91. The van der Waals surface area contributed by atoms with Gasteiger partial charge in [0.15, 0.2) is 17.7 Å². The Kier molecular flexibility index (Phi) is 24.9. The summed E-state index contributed by atoms with van der Waals surface area (Å²) in [6, 6.07) is 20.3. The smallest absolute Gasteiger partial charge is 0.246 e. The number of aliphatic hydroxyl groups is 1. The number of benzene rings is 3. The Morgan fingerprint density at radius 3 is 2.11 bits per heavy atom. The van der Waals surface area contributed by atoms with Crippen molar-refractivity contribution in [2.45, 2.75) is 162 Å². The maximum absolute atomic E-state index is 15.0. The molecule has 3 aromatic carbocycles. The lowest BCUT2D eigenvalue weighted by Gasteiger charge is -2.59. The highest BCUT2D eigenvalue weighted by atomic mass is 16.8. The number of ether oxygens (including phenoxy) is 7. The summed E-state index contributed by atoms with van der Waals surface area (Å²) in [6.07, 6.45) is 10.5. The van der Waals surface area contributed by atoms with Crippen LogP contribution in [-0.4, -0.2) is 148 Å².